The summed E-state index contributed by atoms with van der Waals surface area (Å²) in [6, 6.07) is 0. The van der Waals surface area contributed by atoms with Gasteiger partial charge in [-0.15, -0.1) is 0 Å². The molecule has 17 heavy (non-hydrogen) atoms. The minimum Gasteiger partial charge on any atom is -0.463 e. The van der Waals surface area contributed by atoms with Gasteiger partial charge in [-0.2, -0.15) is 0 Å². The van der Waals surface area contributed by atoms with Crippen LogP contribution >= 0.6 is 0 Å². The number of hydrogen-bond donors (Lipinski definition) is 0. The molecule has 0 heterocycles. The second kappa shape index (κ2) is 8.10. The molecule has 0 saturated carbocycles. The molecule has 0 aliphatic rings. The minimum atomic E-state index is -0.197. The molecule has 98 valence electrons. The van der Waals surface area contributed by atoms with Crippen molar-refractivity contribution in [3.63, 3.8) is 0 Å². The fourth-order valence-electron chi connectivity index (χ4n) is 1.61. The summed E-state index contributed by atoms with van der Waals surface area (Å²) in [5, 5.41) is 0. The van der Waals surface area contributed by atoms with Crippen molar-refractivity contribution in [1.82, 2.24) is 0 Å². The van der Waals surface area contributed by atoms with E-state index in [9.17, 15) is 4.79 Å². The summed E-state index contributed by atoms with van der Waals surface area (Å²) >= 11 is 0. The van der Waals surface area contributed by atoms with Crippen LogP contribution in [-0.4, -0.2) is 12.1 Å². The Balaban J connectivity index is 4.53. The molecular formula is C15H26O2. The van der Waals surface area contributed by atoms with E-state index in [0.717, 1.165) is 12.8 Å². The molecule has 0 saturated heterocycles. The lowest BCUT2D eigenvalue weighted by molar-refractivity contribution is -0.147. The van der Waals surface area contributed by atoms with Crippen molar-refractivity contribution in [3.05, 3.63) is 23.3 Å². The highest BCUT2D eigenvalue weighted by Gasteiger charge is 2.17. The number of carbonyl (C=O) groups is 1. The molecule has 0 bridgehead atoms. The van der Waals surface area contributed by atoms with E-state index in [1.54, 1.807) is 0 Å². The van der Waals surface area contributed by atoms with Gasteiger partial charge in [-0.05, 0) is 47.5 Å². The lowest BCUT2D eigenvalue weighted by Crippen LogP contribution is -2.22. The monoisotopic (exact) mass is 238 g/mol. The first-order chi connectivity index (χ1) is 7.82. The van der Waals surface area contributed by atoms with Gasteiger partial charge in [0.25, 0.3) is 0 Å². The molecule has 0 aliphatic heterocycles. The topological polar surface area (TPSA) is 26.3 Å². The molecule has 0 N–H and O–H groups in total. The first-order valence-electron chi connectivity index (χ1n) is 6.26. The molecule has 0 spiro atoms. The van der Waals surface area contributed by atoms with Crippen LogP contribution in [0, 0.1) is 5.92 Å². The maximum atomic E-state index is 11.0. The van der Waals surface area contributed by atoms with E-state index < -0.39 is 0 Å². The second-order valence-electron chi connectivity index (χ2n) is 5.11. The second-order valence-corrected chi connectivity index (χ2v) is 5.11. The van der Waals surface area contributed by atoms with E-state index in [0.29, 0.717) is 5.92 Å². The Kier molecular flexibility index (Phi) is 7.60. The summed E-state index contributed by atoms with van der Waals surface area (Å²) in [4.78, 5) is 11.0. The van der Waals surface area contributed by atoms with E-state index in [4.69, 9.17) is 4.74 Å². The van der Waals surface area contributed by atoms with Gasteiger partial charge < -0.3 is 4.74 Å². The van der Waals surface area contributed by atoms with Crippen LogP contribution in [-0.2, 0) is 9.53 Å². The van der Waals surface area contributed by atoms with Gasteiger partial charge in [-0.25, -0.2) is 0 Å². The lowest BCUT2D eigenvalue weighted by atomic mass is 9.94. The normalized spacial score (nSPS) is 11.9. The summed E-state index contributed by atoms with van der Waals surface area (Å²) < 4.78 is 5.28. The largest absolute Gasteiger partial charge is 0.463 e. The van der Waals surface area contributed by atoms with Gasteiger partial charge in [0.05, 0.1) is 0 Å². The van der Waals surface area contributed by atoms with Gasteiger partial charge >= 0.3 is 5.97 Å². The van der Waals surface area contributed by atoms with Gasteiger partial charge in [-0.3, -0.25) is 4.79 Å². The third-order valence-electron chi connectivity index (χ3n) is 2.67. The minimum absolute atomic E-state index is 0.0290. The Hall–Kier alpha value is -1.05. The Morgan fingerprint density at radius 3 is 1.71 bits per heavy atom. The summed E-state index contributed by atoms with van der Waals surface area (Å²) in [5.74, 6) is 0.167. The first-order valence-corrected chi connectivity index (χ1v) is 6.26. The van der Waals surface area contributed by atoms with Crippen LogP contribution in [0.25, 0.3) is 0 Å². The average molecular weight is 238 g/mol. The van der Waals surface area contributed by atoms with E-state index in [1.807, 2.05) is 6.92 Å². The van der Waals surface area contributed by atoms with E-state index in [-0.39, 0.29) is 12.1 Å². The highest BCUT2D eigenvalue weighted by Crippen LogP contribution is 2.20. The number of rotatable bonds is 6. The maximum absolute atomic E-state index is 11.0. The molecule has 0 aromatic carbocycles. The van der Waals surface area contributed by atoms with Crippen molar-refractivity contribution in [2.75, 3.05) is 0 Å². The van der Waals surface area contributed by atoms with Gasteiger partial charge in [0.2, 0.25) is 0 Å². The van der Waals surface area contributed by atoms with Crippen LogP contribution in [0.5, 0.6) is 0 Å². The molecule has 2 heteroatoms. The zero-order valence-corrected chi connectivity index (χ0v) is 12.0. The van der Waals surface area contributed by atoms with Crippen molar-refractivity contribution in [2.24, 2.45) is 5.92 Å². The maximum Gasteiger partial charge on any atom is 0.302 e. The van der Waals surface area contributed by atoms with Crippen LogP contribution in [0.15, 0.2) is 23.3 Å². The van der Waals surface area contributed by atoms with E-state index in [1.165, 1.54) is 18.1 Å². The fraction of sp³-hybridized carbons (Fsp3) is 0.667. The Bertz CT molecular complexity index is 272. The molecule has 0 unspecified atom stereocenters. The van der Waals surface area contributed by atoms with E-state index >= 15 is 0 Å². The molecule has 0 rings (SSSR count). The molecule has 2 nitrogen and oxygen atoms in total. The van der Waals surface area contributed by atoms with Gasteiger partial charge in [0, 0.05) is 12.8 Å². The molecular weight excluding hydrogens is 212 g/mol. The Morgan fingerprint density at radius 2 is 1.41 bits per heavy atom. The Morgan fingerprint density at radius 1 is 1.00 bits per heavy atom. The van der Waals surface area contributed by atoms with Crippen LogP contribution < -0.4 is 0 Å². The predicted molar refractivity (Wildman–Crippen MR) is 72.8 cm³/mol. The highest BCUT2D eigenvalue weighted by atomic mass is 16.5. The standard InChI is InChI=1S/C15H26O2/c1-11(2)7-9-15(10-8-12(3)4)13(5)17-14(6)16/h7-8,13,15H,9-10H2,1-6H3/t13-/m0/s1. The molecule has 0 radical (unpaired) electrons. The number of carbonyl (C=O) groups excluding carboxylic acids is 1. The van der Waals surface area contributed by atoms with Crippen LogP contribution in [0.3, 0.4) is 0 Å². The molecule has 1 atom stereocenters. The van der Waals surface area contributed by atoms with Crippen molar-refractivity contribution >= 4 is 5.97 Å². The van der Waals surface area contributed by atoms with Gasteiger partial charge in [-0.1, -0.05) is 23.3 Å². The molecule has 0 amide bonds. The SMILES string of the molecule is CC(=O)O[C@@H](C)C(CC=C(C)C)CC=C(C)C. The summed E-state index contributed by atoms with van der Waals surface area (Å²) in [6.07, 6.45) is 6.31. The zero-order chi connectivity index (χ0) is 13.4. The van der Waals surface area contributed by atoms with E-state index in [2.05, 4.69) is 39.8 Å². The van der Waals surface area contributed by atoms with Crippen molar-refractivity contribution in [1.29, 1.82) is 0 Å². The number of ether oxygens (including phenoxy) is 1. The van der Waals surface area contributed by atoms with Crippen LogP contribution in [0.2, 0.25) is 0 Å². The smallest absolute Gasteiger partial charge is 0.302 e. The number of allylic oxidation sites excluding steroid dienone is 4. The summed E-state index contributed by atoms with van der Waals surface area (Å²) in [5.41, 5.74) is 2.62. The van der Waals surface area contributed by atoms with Crippen LogP contribution in [0.1, 0.15) is 54.4 Å². The average Bonchev–Trinajstić information content (AvgIpc) is 2.15. The molecule has 0 aromatic heterocycles. The summed E-state index contributed by atoms with van der Waals surface area (Å²) in [6.45, 7) is 11.8. The van der Waals surface area contributed by atoms with Gasteiger partial charge in [0.1, 0.15) is 6.10 Å². The summed E-state index contributed by atoms with van der Waals surface area (Å²) in [7, 11) is 0. The fourth-order valence-corrected chi connectivity index (χ4v) is 1.61. The number of esters is 1. The third kappa shape index (κ3) is 8.73. The molecule has 0 fully saturated rings. The third-order valence-corrected chi connectivity index (χ3v) is 2.67. The predicted octanol–water partition coefficient (Wildman–Crippen LogP) is 4.27. The van der Waals surface area contributed by atoms with Crippen molar-refractivity contribution in [2.45, 2.75) is 60.5 Å². The highest BCUT2D eigenvalue weighted by molar-refractivity contribution is 5.66. The number of hydrogen-bond acceptors (Lipinski definition) is 2. The Labute approximate surface area is 106 Å². The quantitative estimate of drug-likeness (QED) is 0.510. The first kappa shape index (κ1) is 16.0. The molecule has 0 aromatic rings. The van der Waals surface area contributed by atoms with Crippen molar-refractivity contribution < 1.29 is 9.53 Å². The van der Waals surface area contributed by atoms with Gasteiger partial charge in [0.15, 0.2) is 0 Å². The zero-order valence-electron chi connectivity index (χ0n) is 12.0. The lowest BCUT2D eigenvalue weighted by Gasteiger charge is -2.21. The molecule has 0 aliphatic carbocycles. The van der Waals surface area contributed by atoms with Crippen LogP contribution in [0.4, 0.5) is 0 Å². The van der Waals surface area contributed by atoms with Crippen molar-refractivity contribution in [3.8, 4) is 0 Å².